The first kappa shape index (κ1) is 23.6. The molecule has 32 heavy (non-hydrogen) atoms. The first-order valence-corrected chi connectivity index (χ1v) is 10.7. The second-order valence-electron chi connectivity index (χ2n) is 7.68. The summed E-state index contributed by atoms with van der Waals surface area (Å²) in [6, 6.07) is 12.3. The van der Waals surface area contributed by atoms with Crippen LogP contribution in [0.3, 0.4) is 0 Å². The van der Waals surface area contributed by atoms with E-state index >= 15 is 0 Å². The molecule has 2 N–H and O–H groups in total. The van der Waals surface area contributed by atoms with E-state index in [9.17, 15) is 14.4 Å². The van der Waals surface area contributed by atoms with Crippen molar-refractivity contribution in [3.05, 3.63) is 59.1 Å². The van der Waals surface area contributed by atoms with E-state index in [2.05, 4.69) is 10.6 Å². The molecular weight excluding hydrogens is 432 g/mol. The van der Waals surface area contributed by atoms with Crippen LogP contribution >= 0.6 is 11.6 Å². The normalized spacial score (nSPS) is 17.7. The van der Waals surface area contributed by atoms with Gasteiger partial charge in [-0.3, -0.25) is 9.59 Å². The van der Waals surface area contributed by atoms with Crippen molar-refractivity contribution in [2.75, 3.05) is 37.9 Å². The van der Waals surface area contributed by atoms with Crippen molar-refractivity contribution >= 4 is 40.8 Å². The molecule has 2 atom stereocenters. The zero-order valence-corrected chi connectivity index (χ0v) is 19.1. The van der Waals surface area contributed by atoms with Gasteiger partial charge in [0.2, 0.25) is 5.91 Å². The summed E-state index contributed by atoms with van der Waals surface area (Å²) in [4.78, 5) is 40.9. The molecule has 0 unspecified atom stereocenters. The highest BCUT2D eigenvalue weighted by molar-refractivity contribution is 6.30. The van der Waals surface area contributed by atoms with Gasteiger partial charge in [-0.25, -0.2) is 4.79 Å². The Hall–Kier alpha value is -3.10. The van der Waals surface area contributed by atoms with Gasteiger partial charge in [0.1, 0.15) is 6.04 Å². The third-order valence-corrected chi connectivity index (χ3v) is 5.38. The second kappa shape index (κ2) is 10.5. The molecule has 0 aromatic heterocycles. The van der Waals surface area contributed by atoms with Crippen LogP contribution in [-0.2, 0) is 9.53 Å². The van der Waals surface area contributed by atoms with Crippen molar-refractivity contribution in [3.63, 3.8) is 0 Å². The lowest BCUT2D eigenvalue weighted by molar-refractivity contribution is -0.119. The number of likely N-dealkylation sites (tertiary alicyclic amines) is 1. The van der Waals surface area contributed by atoms with Crippen molar-refractivity contribution in [1.29, 1.82) is 0 Å². The van der Waals surface area contributed by atoms with Gasteiger partial charge in [0.25, 0.3) is 5.91 Å². The molecule has 3 rings (SSSR count). The summed E-state index contributed by atoms with van der Waals surface area (Å²) < 4.78 is 5.68. The van der Waals surface area contributed by atoms with Crippen LogP contribution in [0.15, 0.2) is 48.5 Å². The quantitative estimate of drug-likeness (QED) is 0.690. The van der Waals surface area contributed by atoms with E-state index in [1.165, 1.54) is 9.80 Å². The fourth-order valence-electron chi connectivity index (χ4n) is 3.54. The zero-order valence-electron chi connectivity index (χ0n) is 18.3. The van der Waals surface area contributed by atoms with Crippen LogP contribution in [0.2, 0.25) is 5.02 Å². The predicted octanol–water partition coefficient (Wildman–Crippen LogP) is 3.69. The average molecular weight is 459 g/mol. The average Bonchev–Trinajstić information content (AvgIpc) is 3.20. The van der Waals surface area contributed by atoms with Crippen molar-refractivity contribution in [1.82, 2.24) is 9.80 Å². The molecular formula is C23H27ClN4O4. The van der Waals surface area contributed by atoms with Crippen molar-refractivity contribution in [3.8, 4) is 0 Å². The maximum Gasteiger partial charge on any atom is 0.322 e. The Morgan fingerprint density at radius 3 is 2.22 bits per heavy atom. The van der Waals surface area contributed by atoms with Crippen LogP contribution in [0.1, 0.15) is 23.7 Å². The Balaban J connectivity index is 1.70. The number of rotatable bonds is 6. The number of anilines is 2. The SMILES string of the molecule is CCO[C@@H]1C[C@H](C(=O)Nc2ccc(C(=O)N(C)C)cc2)N(C(=O)Nc2ccc(Cl)cc2)C1. The molecule has 170 valence electrons. The molecule has 1 aliphatic rings. The monoisotopic (exact) mass is 458 g/mol. The Kier molecular flexibility index (Phi) is 7.71. The van der Waals surface area contributed by atoms with Crippen LogP contribution in [0.25, 0.3) is 0 Å². The summed E-state index contributed by atoms with van der Waals surface area (Å²) in [5.41, 5.74) is 1.65. The van der Waals surface area contributed by atoms with Gasteiger partial charge in [-0.1, -0.05) is 11.6 Å². The molecule has 1 heterocycles. The molecule has 0 bridgehead atoms. The van der Waals surface area contributed by atoms with E-state index in [1.807, 2.05) is 6.92 Å². The van der Waals surface area contributed by atoms with E-state index in [1.54, 1.807) is 62.6 Å². The van der Waals surface area contributed by atoms with E-state index < -0.39 is 6.04 Å². The van der Waals surface area contributed by atoms with Crippen LogP contribution in [0.4, 0.5) is 16.2 Å². The molecule has 8 nitrogen and oxygen atoms in total. The molecule has 0 radical (unpaired) electrons. The summed E-state index contributed by atoms with van der Waals surface area (Å²) in [5, 5.41) is 6.21. The van der Waals surface area contributed by atoms with E-state index in [-0.39, 0.29) is 23.9 Å². The molecule has 0 saturated carbocycles. The summed E-state index contributed by atoms with van der Waals surface area (Å²) in [6.45, 7) is 2.68. The first-order chi connectivity index (χ1) is 15.3. The highest BCUT2D eigenvalue weighted by Gasteiger charge is 2.40. The number of nitrogens with zero attached hydrogens (tertiary/aromatic N) is 2. The first-order valence-electron chi connectivity index (χ1n) is 10.4. The largest absolute Gasteiger partial charge is 0.377 e. The third-order valence-electron chi connectivity index (χ3n) is 5.13. The fraction of sp³-hybridized carbons (Fsp3) is 0.348. The van der Waals surface area contributed by atoms with Gasteiger partial charge in [-0.05, 0) is 55.5 Å². The summed E-state index contributed by atoms with van der Waals surface area (Å²) in [5.74, 6) is -0.437. The highest BCUT2D eigenvalue weighted by Crippen LogP contribution is 2.24. The van der Waals surface area contributed by atoms with Gasteiger partial charge in [0.15, 0.2) is 0 Å². The lowest BCUT2D eigenvalue weighted by Gasteiger charge is -2.24. The topological polar surface area (TPSA) is 91.0 Å². The molecule has 1 aliphatic heterocycles. The zero-order chi connectivity index (χ0) is 23.3. The number of benzene rings is 2. The van der Waals surface area contributed by atoms with Gasteiger partial charge >= 0.3 is 6.03 Å². The van der Waals surface area contributed by atoms with Gasteiger partial charge in [0, 0.05) is 55.6 Å². The number of carbonyl (C=O) groups is 3. The number of nitrogens with one attached hydrogen (secondary N) is 2. The summed E-state index contributed by atoms with van der Waals surface area (Å²) in [7, 11) is 3.35. The van der Waals surface area contributed by atoms with Gasteiger partial charge < -0.3 is 25.2 Å². The molecule has 0 spiro atoms. The number of ether oxygens (including phenoxy) is 1. The minimum absolute atomic E-state index is 0.122. The Labute approximate surface area is 192 Å². The van der Waals surface area contributed by atoms with Crippen molar-refractivity contribution in [2.24, 2.45) is 0 Å². The van der Waals surface area contributed by atoms with Gasteiger partial charge in [0.05, 0.1) is 6.10 Å². The van der Waals surface area contributed by atoms with Gasteiger partial charge in [-0.15, -0.1) is 0 Å². The number of hydrogen-bond acceptors (Lipinski definition) is 4. The predicted molar refractivity (Wildman–Crippen MR) is 124 cm³/mol. The number of urea groups is 1. The fourth-order valence-corrected chi connectivity index (χ4v) is 3.66. The lowest BCUT2D eigenvalue weighted by atomic mass is 10.1. The minimum atomic E-state index is -0.693. The Bertz CT molecular complexity index is 963. The number of hydrogen-bond donors (Lipinski definition) is 2. The molecule has 4 amide bonds. The number of amides is 4. The van der Waals surface area contributed by atoms with Crippen LogP contribution in [0, 0.1) is 0 Å². The standard InChI is InChI=1S/C23H27ClN4O4/c1-4-32-19-13-20(28(14-19)23(31)26-18-11-7-16(24)8-12-18)21(29)25-17-9-5-15(6-10-17)22(30)27(2)3/h5-12,19-20H,4,13-14H2,1-3H3,(H,25,29)(H,26,31)/t19-,20-/m1/s1. The molecule has 2 aromatic carbocycles. The lowest BCUT2D eigenvalue weighted by Crippen LogP contribution is -2.45. The van der Waals surface area contributed by atoms with E-state index in [0.29, 0.717) is 41.5 Å². The highest BCUT2D eigenvalue weighted by atomic mass is 35.5. The molecule has 1 saturated heterocycles. The van der Waals surface area contributed by atoms with Crippen molar-refractivity contribution in [2.45, 2.75) is 25.5 Å². The molecule has 0 aliphatic carbocycles. The minimum Gasteiger partial charge on any atom is -0.377 e. The van der Waals surface area contributed by atoms with E-state index in [0.717, 1.165) is 0 Å². The smallest absolute Gasteiger partial charge is 0.322 e. The Morgan fingerprint density at radius 1 is 1.03 bits per heavy atom. The van der Waals surface area contributed by atoms with Crippen LogP contribution in [-0.4, -0.2) is 67.0 Å². The second-order valence-corrected chi connectivity index (χ2v) is 8.12. The van der Waals surface area contributed by atoms with Crippen LogP contribution in [0.5, 0.6) is 0 Å². The summed E-state index contributed by atoms with van der Waals surface area (Å²) >= 11 is 5.90. The molecule has 2 aromatic rings. The number of halogens is 1. The number of carbonyl (C=O) groups excluding carboxylic acids is 3. The molecule has 9 heteroatoms. The maximum atomic E-state index is 13.0. The van der Waals surface area contributed by atoms with Crippen molar-refractivity contribution < 1.29 is 19.1 Å². The molecule has 1 fully saturated rings. The maximum absolute atomic E-state index is 13.0. The summed E-state index contributed by atoms with van der Waals surface area (Å²) in [6.07, 6.45) is 0.164. The van der Waals surface area contributed by atoms with Crippen LogP contribution < -0.4 is 10.6 Å². The van der Waals surface area contributed by atoms with E-state index in [4.69, 9.17) is 16.3 Å². The van der Waals surface area contributed by atoms with Gasteiger partial charge in [-0.2, -0.15) is 0 Å². The Morgan fingerprint density at radius 2 is 1.62 bits per heavy atom. The third kappa shape index (κ3) is 5.77.